The zero-order chi connectivity index (χ0) is 14.5. The maximum absolute atomic E-state index is 12.3. The van der Waals surface area contributed by atoms with E-state index in [9.17, 15) is 9.59 Å². The van der Waals surface area contributed by atoms with Crippen LogP contribution in [0.25, 0.3) is 0 Å². The van der Waals surface area contributed by atoms with E-state index in [1.54, 1.807) is 55.5 Å². The van der Waals surface area contributed by atoms with Gasteiger partial charge in [0.2, 0.25) is 0 Å². The highest BCUT2D eigenvalue weighted by atomic mass is 17.1. The topological polar surface area (TPSA) is 63.6 Å². The second kappa shape index (κ2) is 6.12. The van der Waals surface area contributed by atoms with Crippen LogP contribution in [0, 0.1) is 0 Å². The SMILES string of the molecule is CC(C(=O)OO)c1cccc(C(=O)c2ccccc2)c1. The Balaban J connectivity index is 2.31. The smallest absolute Gasteiger partial charge is 0.300 e. The third-order valence-electron chi connectivity index (χ3n) is 3.13. The van der Waals surface area contributed by atoms with E-state index < -0.39 is 11.9 Å². The minimum absolute atomic E-state index is 0.114. The first kappa shape index (κ1) is 14.0. The van der Waals surface area contributed by atoms with Crippen LogP contribution in [0.1, 0.15) is 34.3 Å². The van der Waals surface area contributed by atoms with Gasteiger partial charge in [-0.2, -0.15) is 5.26 Å². The monoisotopic (exact) mass is 270 g/mol. The van der Waals surface area contributed by atoms with Crippen LogP contribution in [0.2, 0.25) is 0 Å². The highest BCUT2D eigenvalue weighted by Crippen LogP contribution is 2.19. The number of benzene rings is 2. The number of carbonyl (C=O) groups excluding carboxylic acids is 2. The molecule has 0 amide bonds. The molecule has 0 saturated carbocycles. The molecule has 1 N–H and O–H groups in total. The molecule has 1 unspecified atom stereocenters. The molecule has 0 aliphatic carbocycles. The summed E-state index contributed by atoms with van der Waals surface area (Å²) in [5.74, 6) is -1.50. The van der Waals surface area contributed by atoms with Crippen molar-refractivity contribution in [2.45, 2.75) is 12.8 Å². The fourth-order valence-corrected chi connectivity index (χ4v) is 1.92. The van der Waals surface area contributed by atoms with Crippen molar-refractivity contribution in [1.29, 1.82) is 0 Å². The van der Waals surface area contributed by atoms with Crippen LogP contribution in [-0.2, 0) is 9.68 Å². The van der Waals surface area contributed by atoms with Crippen LogP contribution in [0.4, 0.5) is 0 Å². The van der Waals surface area contributed by atoms with Crippen LogP contribution in [0.3, 0.4) is 0 Å². The van der Waals surface area contributed by atoms with Crippen LogP contribution in [0.5, 0.6) is 0 Å². The van der Waals surface area contributed by atoms with Gasteiger partial charge in [0.25, 0.3) is 0 Å². The maximum Gasteiger partial charge on any atom is 0.349 e. The van der Waals surface area contributed by atoms with Crippen LogP contribution in [0.15, 0.2) is 54.6 Å². The molecule has 0 radical (unpaired) electrons. The van der Waals surface area contributed by atoms with Crippen molar-refractivity contribution >= 4 is 11.8 Å². The van der Waals surface area contributed by atoms with E-state index in [1.807, 2.05) is 6.07 Å². The van der Waals surface area contributed by atoms with Gasteiger partial charge in [0.05, 0.1) is 5.92 Å². The lowest BCUT2D eigenvalue weighted by Gasteiger charge is -2.09. The van der Waals surface area contributed by atoms with Crippen molar-refractivity contribution in [3.05, 3.63) is 71.3 Å². The van der Waals surface area contributed by atoms with Crippen molar-refractivity contribution in [3.8, 4) is 0 Å². The molecule has 0 fully saturated rings. The zero-order valence-electron chi connectivity index (χ0n) is 10.9. The van der Waals surface area contributed by atoms with E-state index in [0.717, 1.165) is 0 Å². The first-order valence-corrected chi connectivity index (χ1v) is 6.18. The summed E-state index contributed by atoms with van der Waals surface area (Å²) in [5.41, 5.74) is 1.69. The highest BCUT2D eigenvalue weighted by molar-refractivity contribution is 6.09. The number of ketones is 1. The maximum atomic E-state index is 12.3. The Kier molecular flexibility index (Phi) is 4.27. The van der Waals surface area contributed by atoms with Crippen molar-refractivity contribution in [3.63, 3.8) is 0 Å². The van der Waals surface area contributed by atoms with E-state index >= 15 is 0 Å². The Bertz CT molecular complexity index is 619. The lowest BCUT2D eigenvalue weighted by molar-refractivity contribution is -0.235. The largest absolute Gasteiger partial charge is 0.349 e. The highest BCUT2D eigenvalue weighted by Gasteiger charge is 2.18. The van der Waals surface area contributed by atoms with Gasteiger partial charge in [-0.05, 0) is 18.6 Å². The van der Waals surface area contributed by atoms with E-state index in [2.05, 4.69) is 4.89 Å². The molecule has 0 aliphatic heterocycles. The molecule has 102 valence electrons. The second-order valence-corrected chi connectivity index (χ2v) is 4.45. The summed E-state index contributed by atoms with van der Waals surface area (Å²) in [4.78, 5) is 27.3. The predicted molar refractivity (Wildman–Crippen MR) is 73.5 cm³/mol. The number of carbonyl (C=O) groups is 2. The first-order valence-electron chi connectivity index (χ1n) is 6.18. The van der Waals surface area contributed by atoms with Crippen molar-refractivity contribution < 1.29 is 19.7 Å². The third-order valence-corrected chi connectivity index (χ3v) is 3.13. The first-order chi connectivity index (χ1) is 9.63. The van der Waals surface area contributed by atoms with Crippen LogP contribution < -0.4 is 0 Å². The molecule has 2 aromatic carbocycles. The summed E-state index contributed by atoms with van der Waals surface area (Å²) >= 11 is 0. The van der Waals surface area contributed by atoms with Gasteiger partial charge >= 0.3 is 5.97 Å². The standard InChI is InChI=1S/C16H14O4/c1-11(16(18)20-19)13-8-5-9-14(10-13)15(17)12-6-3-2-4-7-12/h2-11,19H,1H3. The average Bonchev–Trinajstić information content (AvgIpc) is 2.53. The molecule has 0 bridgehead atoms. The zero-order valence-corrected chi connectivity index (χ0v) is 10.9. The van der Waals surface area contributed by atoms with Gasteiger partial charge in [0, 0.05) is 11.1 Å². The van der Waals surface area contributed by atoms with E-state index in [0.29, 0.717) is 16.7 Å². The van der Waals surface area contributed by atoms with E-state index in [1.165, 1.54) is 0 Å². The van der Waals surface area contributed by atoms with E-state index in [-0.39, 0.29) is 5.78 Å². The molecular weight excluding hydrogens is 256 g/mol. The molecule has 4 nitrogen and oxygen atoms in total. The number of hydrogen-bond donors (Lipinski definition) is 1. The third kappa shape index (κ3) is 2.92. The normalized spacial score (nSPS) is 11.7. The quantitative estimate of drug-likeness (QED) is 0.527. The molecular formula is C16H14O4. The Morgan fingerprint density at radius 1 is 1.00 bits per heavy atom. The number of hydrogen-bond acceptors (Lipinski definition) is 4. The minimum Gasteiger partial charge on any atom is -0.300 e. The van der Waals surface area contributed by atoms with Gasteiger partial charge in [-0.1, -0.05) is 48.5 Å². The average molecular weight is 270 g/mol. The van der Waals surface area contributed by atoms with Crippen molar-refractivity contribution in [2.75, 3.05) is 0 Å². The Labute approximate surface area is 116 Å². The molecule has 4 heteroatoms. The van der Waals surface area contributed by atoms with Crippen LogP contribution in [-0.4, -0.2) is 17.0 Å². The second-order valence-electron chi connectivity index (χ2n) is 4.45. The van der Waals surface area contributed by atoms with Gasteiger partial charge in [-0.15, -0.1) is 0 Å². The summed E-state index contributed by atoms with van der Waals surface area (Å²) in [6.45, 7) is 1.60. The van der Waals surface area contributed by atoms with Crippen molar-refractivity contribution in [2.24, 2.45) is 0 Å². The fraction of sp³-hybridized carbons (Fsp3) is 0.125. The molecule has 2 aromatic rings. The lowest BCUT2D eigenvalue weighted by atomic mass is 9.96. The molecule has 0 aromatic heterocycles. The summed E-state index contributed by atoms with van der Waals surface area (Å²) in [5, 5.41) is 8.41. The molecule has 1 atom stereocenters. The minimum atomic E-state index is -0.755. The summed E-state index contributed by atoms with van der Waals surface area (Å²) < 4.78 is 0. The molecule has 2 rings (SSSR count). The van der Waals surface area contributed by atoms with Gasteiger partial charge in [0.1, 0.15) is 0 Å². The van der Waals surface area contributed by atoms with E-state index in [4.69, 9.17) is 5.26 Å². The van der Waals surface area contributed by atoms with Crippen molar-refractivity contribution in [1.82, 2.24) is 0 Å². The van der Waals surface area contributed by atoms with Crippen LogP contribution >= 0.6 is 0 Å². The Hall–Kier alpha value is -2.46. The fourth-order valence-electron chi connectivity index (χ4n) is 1.92. The van der Waals surface area contributed by atoms with Gasteiger partial charge in [0.15, 0.2) is 5.78 Å². The Morgan fingerprint density at radius 2 is 1.65 bits per heavy atom. The Morgan fingerprint density at radius 3 is 2.30 bits per heavy atom. The molecule has 0 heterocycles. The molecule has 20 heavy (non-hydrogen) atoms. The summed E-state index contributed by atoms with van der Waals surface area (Å²) in [7, 11) is 0. The summed E-state index contributed by atoms with van der Waals surface area (Å²) in [6, 6.07) is 15.6. The predicted octanol–water partition coefficient (Wildman–Crippen LogP) is 3.04. The molecule has 0 spiro atoms. The number of rotatable bonds is 4. The molecule has 0 saturated heterocycles. The summed E-state index contributed by atoms with van der Waals surface area (Å²) in [6.07, 6.45) is 0. The van der Waals surface area contributed by atoms with Gasteiger partial charge in [-0.25, -0.2) is 4.79 Å². The van der Waals surface area contributed by atoms with Gasteiger partial charge in [-0.3, -0.25) is 4.79 Å². The lowest BCUT2D eigenvalue weighted by Crippen LogP contribution is -2.12. The molecule has 0 aliphatic rings. The van der Waals surface area contributed by atoms with Gasteiger partial charge < -0.3 is 4.89 Å².